The molecule has 0 spiro atoms. The number of benzene rings is 3. The van der Waals surface area contributed by atoms with Gasteiger partial charge in [-0.25, -0.2) is 4.39 Å². The van der Waals surface area contributed by atoms with E-state index in [2.05, 4.69) is 36.4 Å². The summed E-state index contributed by atoms with van der Waals surface area (Å²) in [4.78, 5) is 14.9. The molecule has 3 aromatic carbocycles. The van der Waals surface area contributed by atoms with Crippen LogP contribution < -0.4 is 5.32 Å². The van der Waals surface area contributed by atoms with Crippen molar-refractivity contribution in [3.63, 3.8) is 0 Å². The lowest BCUT2D eigenvalue weighted by atomic mass is 9.83. The summed E-state index contributed by atoms with van der Waals surface area (Å²) in [6.45, 7) is 1.12. The molecule has 0 aliphatic heterocycles. The molecule has 3 nitrogen and oxygen atoms in total. The van der Waals surface area contributed by atoms with E-state index in [0.717, 1.165) is 36.2 Å². The van der Waals surface area contributed by atoms with Crippen molar-refractivity contribution >= 4 is 24.0 Å². The number of nitrogens with one attached hydrogen (secondary N) is 1. The van der Waals surface area contributed by atoms with Gasteiger partial charge in [0.15, 0.2) is 0 Å². The lowest BCUT2D eigenvalue weighted by Gasteiger charge is -2.27. The van der Waals surface area contributed by atoms with Gasteiger partial charge in [0.1, 0.15) is 5.82 Å². The van der Waals surface area contributed by atoms with Gasteiger partial charge in [0.2, 0.25) is 0 Å². The summed E-state index contributed by atoms with van der Waals surface area (Å²) >= 11 is 0. The molecule has 1 aliphatic rings. The Morgan fingerprint density at radius 3 is 2.26 bits per heavy atom. The van der Waals surface area contributed by atoms with Crippen LogP contribution in [-0.4, -0.2) is 31.4 Å². The van der Waals surface area contributed by atoms with E-state index >= 15 is 0 Å². The Morgan fingerprint density at radius 2 is 1.61 bits per heavy atom. The van der Waals surface area contributed by atoms with Crippen molar-refractivity contribution in [2.24, 2.45) is 5.92 Å². The van der Waals surface area contributed by atoms with Crippen LogP contribution >= 0.6 is 12.4 Å². The average molecular weight is 439 g/mol. The molecule has 0 radical (unpaired) electrons. The van der Waals surface area contributed by atoms with Crippen LogP contribution in [0.4, 0.5) is 10.1 Å². The zero-order chi connectivity index (χ0) is 21.1. The predicted octanol–water partition coefficient (Wildman–Crippen LogP) is 5.83. The van der Waals surface area contributed by atoms with Gasteiger partial charge in [0, 0.05) is 17.8 Å². The van der Waals surface area contributed by atoms with Crippen molar-refractivity contribution in [1.82, 2.24) is 4.90 Å². The number of fused-ring (bicyclic) bond motifs is 1. The third-order valence-electron chi connectivity index (χ3n) is 5.74. The van der Waals surface area contributed by atoms with Crippen LogP contribution in [0.25, 0.3) is 11.1 Å². The third kappa shape index (κ3) is 5.72. The van der Waals surface area contributed by atoms with Crippen molar-refractivity contribution in [3.8, 4) is 11.1 Å². The number of aryl methyl sites for hydroxylation is 1. The number of rotatable bonds is 5. The van der Waals surface area contributed by atoms with Gasteiger partial charge in [-0.05, 0) is 97.9 Å². The van der Waals surface area contributed by atoms with E-state index in [4.69, 9.17) is 0 Å². The molecule has 0 saturated carbocycles. The van der Waals surface area contributed by atoms with Crippen LogP contribution in [0.3, 0.4) is 0 Å². The second kappa shape index (κ2) is 10.1. The number of carbonyl (C=O) groups is 1. The highest BCUT2D eigenvalue weighted by atomic mass is 35.5. The molecule has 0 fully saturated rings. The maximum absolute atomic E-state index is 13.1. The first-order valence-electron chi connectivity index (χ1n) is 10.4. The first kappa shape index (κ1) is 23.0. The van der Waals surface area contributed by atoms with E-state index in [9.17, 15) is 9.18 Å². The Bertz CT molecular complexity index is 1030. The Balaban J connectivity index is 0.00000272. The second-order valence-electron chi connectivity index (χ2n) is 8.39. The number of anilines is 1. The van der Waals surface area contributed by atoms with Crippen molar-refractivity contribution in [1.29, 1.82) is 0 Å². The minimum atomic E-state index is -0.256. The minimum Gasteiger partial charge on any atom is -0.322 e. The summed E-state index contributed by atoms with van der Waals surface area (Å²) < 4.78 is 13.1. The standard InChI is InChI=1S/C26H27FN2O.ClH/c1-29(2)17-18-3-4-23-16-25(14-11-22(23)15-18)28-26(30)21-7-5-19(6-8-21)20-9-12-24(27)13-10-20;/h5-14,16,18H,3-4,15,17H2,1-2H3,(H,28,30);1H. The van der Waals surface area contributed by atoms with Crippen molar-refractivity contribution in [3.05, 3.63) is 89.2 Å². The molecule has 0 aromatic heterocycles. The van der Waals surface area contributed by atoms with Crippen molar-refractivity contribution in [2.45, 2.75) is 19.3 Å². The first-order valence-corrected chi connectivity index (χ1v) is 10.4. The fourth-order valence-electron chi connectivity index (χ4n) is 4.24. The van der Waals surface area contributed by atoms with E-state index < -0.39 is 0 Å². The predicted molar refractivity (Wildman–Crippen MR) is 128 cm³/mol. The van der Waals surface area contributed by atoms with Gasteiger partial charge >= 0.3 is 0 Å². The zero-order valence-electron chi connectivity index (χ0n) is 17.9. The summed E-state index contributed by atoms with van der Waals surface area (Å²) in [6.07, 6.45) is 3.35. The normalized spacial score (nSPS) is 15.2. The SMILES string of the molecule is CN(C)CC1CCc2cc(NC(=O)c3ccc(-c4ccc(F)cc4)cc3)ccc2C1.Cl. The van der Waals surface area contributed by atoms with Crippen LogP contribution in [0.2, 0.25) is 0 Å². The van der Waals surface area contributed by atoms with E-state index in [0.29, 0.717) is 11.5 Å². The van der Waals surface area contributed by atoms with Gasteiger partial charge in [-0.15, -0.1) is 12.4 Å². The summed E-state index contributed by atoms with van der Waals surface area (Å²) in [5, 5.41) is 3.02. The molecule has 1 atom stereocenters. The largest absolute Gasteiger partial charge is 0.322 e. The molecule has 3 aromatic rings. The third-order valence-corrected chi connectivity index (χ3v) is 5.74. The van der Waals surface area contributed by atoms with Crippen molar-refractivity contribution in [2.75, 3.05) is 26.0 Å². The topological polar surface area (TPSA) is 32.3 Å². The van der Waals surface area contributed by atoms with Crippen LogP contribution in [0.5, 0.6) is 0 Å². The molecule has 1 unspecified atom stereocenters. The van der Waals surface area contributed by atoms with E-state index in [1.54, 1.807) is 24.3 Å². The highest BCUT2D eigenvalue weighted by Crippen LogP contribution is 2.28. The lowest BCUT2D eigenvalue weighted by molar-refractivity contribution is 0.102. The fraction of sp³-hybridized carbons (Fsp3) is 0.269. The molecule has 31 heavy (non-hydrogen) atoms. The molecule has 162 valence electrons. The Kier molecular flexibility index (Phi) is 7.47. The quantitative estimate of drug-likeness (QED) is 0.543. The first-order chi connectivity index (χ1) is 14.5. The summed E-state index contributed by atoms with van der Waals surface area (Å²) in [5.41, 5.74) is 6.06. The number of hydrogen-bond donors (Lipinski definition) is 1. The summed E-state index contributed by atoms with van der Waals surface area (Å²) in [5.74, 6) is 0.322. The second-order valence-corrected chi connectivity index (χ2v) is 8.39. The summed E-state index contributed by atoms with van der Waals surface area (Å²) in [6, 6.07) is 20.0. The Morgan fingerprint density at radius 1 is 0.968 bits per heavy atom. The van der Waals surface area contributed by atoms with Crippen LogP contribution in [0, 0.1) is 11.7 Å². The molecule has 0 heterocycles. The van der Waals surface area contributed by atoms with Crippen LogP contribution in [0.15, 0.2) is 66.7 Å². The zero-order valence-corrected chi connectivity index (χ0v) is 18.7. The molecular formula is C26H28ClFN2O. The van der Waals surface area contributed by atoms with Gasteiger partial charge < -0.3 is 10.2 Å². The smallest absolute Gasteiger partial charge is 0.255 e. The maximum atomic E-state index is 13.1. The van der Waals surface area contributed by atoms with E-state index in [-0.39, 0.29) is 24.1 Å². The Hall–Kier alpha value is -2.69. The van der Waals surface area contributed by atoms with Gasteiger partial charge in [-0.2, -0.15) is 0 Å². The van der Waals surface area contributed by atoms with Gasteiger partial charge in [-0.3, -0.25) is 4.79 Å². The molecule has 1 aliphatic carbocycles. The van der Waals surface area contributed by atoms with E-state index in [1.165, 1.54) is 29.7 Å². The Labute approximate surface area is 189 Å². The number of carbonyl (C=O) groups excluding carboxylic acids is 1. The number of hydrogen-bond acceptors (Lipinski definition) is 2. The minimum absolute atomic E-state index is 0. The fourth-order valence-corrected chi connectivity index (χ4v) is 4.24. The average Bonchev–Trinajstić information content (AvgIpc) is 2.74. The van der Waals surface area contributed by atoms with Crippen molar-refractivity contribution < 1.29 is 9.18 Å². The van der Waals surface area contributed by atoms with Crippen LogP contribution in [0.1, 0.15) is 27.9 Å². The van der Waals surface area contributed by atoms with Gasteiger partial charge in [0.05, 0.1) is 0 Å². The number of halogens is 2. The summed E-state index contributed by atoms with van der Waals surface area (Å²) in [7, 11) is 4.25. The van der Waals surface area contributed by atoms with Crippen LogP contribution in [-0.2, 0) is 12.8 Å². The molecule has 1 amide bonds. The molecule has 0 bridgehead atoms. The maximum Gasteiger partial charge on any atom is 0.255 e. The number of amides is 1. The highest BCUT2D eigenvalue weighted by molar-refractivity contribution is 6.04. The van der Waals surface area contributed by atoms with Gasteiger partial charge in [-0.1, -0.05) is 30.3 Å². The van der Waals surface area contributed by atoms with E-state index in [1.807, 2.05) is 18.2 Å². The monoisotopic (exact) mass is 438 g/mol. The highest BCUT2D eigenvalue weighted by Gasteiger charge is 2.19. The molecule has 0 saturated heterocycles. The molecule has 5 heteroatoms. The lowest BCUT2D eigenvalue weighted by Crippen LogP contribution is -2.26. The molecule has 4 rings (SSSR count). The number of nitrogens with zero attached hydrogens (tertiary/aromatic N) is 1. The van der Waals surface area contributed by atoms with Gasteiger partial charge in [0.25, 0.3) is 5.91 Å². The molecule has 1 N–H and O–H groups in total. The molecular weight excluding hydrogens is 411 g/mol.